The third kappa shape index (κ3) is 4.89. The van der Waals surface area contributed by atoms with Crippen LogP contribution in [0.1, 0.15) is 25.2 Å². The lowest BCUT2D eigenvalue weighted by Crippen LogP contribution is -2.18. The molecule has 0 saturated heterocycles. The van der Waals surface area contributed by atoms with Gasteiger partial charge in [-0.05, 0) is 54.3 Å². The van der Waals surface area contributed by atoms with Gasteiger partial charge in [0.15, 0.2) is 4.34 Å². The number of hydrogen-bond acceptors (Lipinski definition) is 6. The van der Waals surface area contributed by atoms with Crippen molar-refractivity contribution in [2.24, 2.45) is 5.92 Å². The summed E-state index contributed by atoms with van der Waals surface area (Å²) in [6.07, 6.45) is 1.92. The van der Waals surface area contributed by atoms with E-state index >= 15 is 0 Å². The van der Waals surface area contributed by atoms with E-state index in [9.17, 15) is 0 Å². The standard InChI is InChI=1S/C13H18N4S2/c1-9(2)6-14-7-11-4-5-12(15-8-11)18-13-16-10(3)17-19-13/h4-5,8-9,14H,6-7H2,1-3H3. The Morgan fingerprint density at radius 2 is 2.21 bits per heavy atom. The molecular formula is C13H18N4S2. The van der Waals surface area contributed by atoms with E-state index < -0.39 is 0 Å². The fraction of sp³-hybridized carbons (Fsp3) is 0.462. The molecule has 0 fully saturated rings. The zero-order chi connectivity index (χ0) is 13.7. The number of nitrogens with one attached hydrogen (secondary N) is 1. The van der Waals surface area contributed by atoms with Gasteiger partial charge >= 0.3 is 0 Å². The van der Waals surface area contributed by atoms with Crippen molar-refractivity contribution < 1.29 is 0 Å². The Balaban J connectivity index is 1.87. The van der Waals surface area contributed by atoms with Crippen LogP contribution in [0, 0.1) is 12.8 Å². The Morgan fingerprint density at radius 1 is 1.37 bits per heavy atom. The molecule has 1 N–H and O–H groups in total. The topological polar surface area (TPSA) is 50.7 Å². The molecule has 4 nitrogen and oxygen atoms in total. The summed E-state index contributed by atoms with van der Waals surface area (Å²) in [4.78, 5) is 8.76. The molecule has 0 saturated carbocycles. The monoisotopic (exact) mass is 294 g/mol. The molecular weight excluding hydrogens is 276 g/mol. The zero-order valence-corrected chi connectivity index (χ0v) is 13.0. The molecule has 0 aromatic carbocycles. The molecule has 0 aliphatic carbocycles. The molecule has 0 aliphatic rings. The van der Waals surface area contributed by atoms with Crippen molar-refractivity contribution in [3.8, 4) is 0 Å². The van der Waals surface area contributed by atoms with Crippen LogP contribution in [0.25, 0.3) is 0 Å². The first-order valence-electron chi connectivity index (χ1n) is 6.27. The Bertz CT molecular complexity index is 508. The Hall–Kier alpha value is -0.980. The fourth-order valence-corrected chi connectivity index (χ4v) is 3.03. The Morgan fingerprint density at radius 3 is 2.79 bits per heavy atom. The lowest BCUT2D eigenvalue weighted by molar-refractivity contribution is 0.551. The Labute approximate surface area is 122 Å². The summed E-state index contributed by atoms with van der Waals surface area (Å²) in [7, 11) is 0. The van der Waals surface area contributed by atoms with Gasteiger partial charge in [-0.2, -0.15) is 4.37 Å². The highest BCUT2D eigenvalue weighted by Crippen LogP contribution is 2.27. The Kier molecular flexibility index (Phi) is 5.30. The van der Waals surface area contributed by atoms with Crippen LogP contribution in [0.4, 0.5) is 0 Å². The molecule has 0 atom stereocenters. The smallest absolute Gasteiger partial charge is 0.176 e. The summed E-state index contributed by atoms with van der Waals surface area (Å²) in [6, 6.07) is 4.14. The minimum atomic E-state index is 0.670. The molecule has 2 rings (SSSR count). The maximum Gasteiger partial charge on any atom is 0.176 e. The first-order valence-corrected chi connectivity index (χ1v) is 7.86. The number of aryl methyl sites for hydroxylation is 1. The molecule has 0 aliphatic heterocycles. The average molecular weight is 294 g/mol. The van der Waals surface area contributed by atoms with E-state index in [4.69, 9.17) is 0 Å². The van der Waals surface area contributed by atoms with Gasteiger partial charge in [0.25, 0.3) is 0 Å². The van der Waals surface area contributed by atoms with E-state index in [0.29, 0.717) is 5.92 Å². The molecule has 2 heterocycles. The largest absolute Gasteiger partial charge is 0.312 e. The van der Waals surface area contributed by atoms with Crippen molar-refractivity contribution >= 4 is 23.3 Å². The van der Waals surface area contributed by atoms with Crippen LogP contribution in [0.3, 0.4) is 0 Å². The highest BCUT2D eigenvalue weighted by molar-refractivity contribution is 8.00. The van der Waals surface area contributed by atoms with Crippen molar-refractivity contribution in [3.05, 3.63) is 29.7 Å². The van der Waals surface area contributed by atoms with Crippen molar-refractivity contribution in [1.29, 1.82) is 0 Å². The minimum absolute atomic E-state index is 0.670. The number of hydrogen-bond donors (Lipinski definition) is 1. The van der Waals surface area contributed by atoms with Gasteiger partial charge in [-0.25, -0.2) is 9.97 Å². The van der Waals surface area contributed by atoms with Gasteiger partial charge in [-0.1, -0.05) is 19.9 Å². The molecule has 2 aromatic heterocycles. The number of aromatic nitrogens is 3. The van der Waals surface area contributed by atoms with E-state index in [-0.39, 0.29) is 0 Å². The summed E-state index contributed by atoms with van der Waals surface area (Å²) >= 11 is 2.97. The van der Waals surface area contributed by atoms with Crippen LogP contribution in [0.15, 0.2) is 27.7 Å². The number of pyridine rings is 1. The first kappa shape index (κ1) is 14.4. The lowest BCUT2D eigenvalue weighted by atomic mass is 10.2. The second-order valence-electron chi connectivity index (χ2n) is 4.74. The maximum atomic E-state index is 4.44. The summed E-state index contributed by atoms with van der Waals surface area (Å²) in [5.74, 6) is 1.49. The van der Waals surface area contributed by atoms with Crippen molar-refractivity contribution in [2.75, 3.05) is 6.54 Å². The van der Waals surface area contributed by atoms with Gasteiger partial charge < -0.3 is 5.32 Å². The molecule has 0 radical (unpaired) electrons. The predicted molar refractivity (Wildman–Crippen MR) is 79.6 cm³/mol. The van der Waals surface area contributed by atoms with Crippen molar-refractivity contribution in [1.82, 2.24) is 19.7 Å². The quantitative estimate of drug-likeness (QED) is 0.887. The molecule has 2 aromatic rings. The van der Waals surface area contributed by atoms with Gasteiger partial charge in [0.1, 0.15) is 10.9 Å². The van der Waals surface area contributed by atoms with E-state index in [2.05, 4.69) is 39.6 Å². The predicted octanol–water partition coefficient (Wildman–Crippen LogP) is 3.14. The molecule has 0 amide bonds. The first-order chi connectivity index (χ1) is 9.13. The van der Waals surface area contributed by atoms with Gasteiger partial charge in [0.2, 0.25) is 0 Å². The van der Waals surface area contributed by atoms with E-state index in [1.165, 1.54) is 17.1 Å². The molecule has 102 valence electrons. The third-order valence-corrected chi connectivity index (χ3v) is 4.17. The van der Waals surface area contributed by atoms with Gasteiger partial charge in [-0.3, -0.25) is 0 Å². The van der Waals surface area contributed by atoms with Gasteiger partial charge in [0.05, 0.1) is 0 Å². The fourth-order valence-electron chi connectivity index (χ4n) is 1.49. The SMILES string of the molecule is Cc1nsc(Sc2ccc(CNCC(C)C)cn2)n1. The summed E-state index contributed by atoms with van der Waals surface area (Å²) in [5.41, 5.74) is 1.21. The molecule has 0 spiro atoms. The van der Waals surface area contributed by atoms with Crippen LogP contribution in [-0.4, -0.2) is 20.9 Å². The van der Waals surface area contributed by atoms with Gasteiger partial charge in [-0.15, -0.1) is 0 Å². The van der Waals surface area contributed by atoms with Crippen molar-refractivity contribution in [3.63, 3.8) is 0 Å². The van der Waals surface area contributed by atoms with E-state index in [0.717, 1.165) is 28.3 Å². The molecule has 19 heavy (non-hydrogen) atoms. The van der Waals surface area contributed by atoms with Crippen LogP contribution in [0.5, 0.6) is 0 Å². The van der Waals surface area contributed by atoms with Gasteiger partial charge in [0, 0.05) is 12.7 Å². The van der Waals surface area contributed by atoms with Crippen LogP contribution in [0.2, 0.25) is 0 Å². The van der Waals surface area contributed by atoms with Crippen LogP contribution >= 0.6 is 23.3 Å². The van der Waals surface area contributed by atoms with Crippen LogP contribution < -0.4 is 5.32 Å². The second kappa shape index (κ2) is 6.98. The highest BCUT2D eigenvalue weighted by atomic mass is 32.2. The molecule has 0 bridgehead atoms. The zero-order valence-electron chi connectivity index (χ0n) is 11.4. The minimum Gasteiger partial charge on any atom is -0.312 e. The maximum absolute atomic E-state index is 4.44. The lowest BCUT2D eigenvalue weighted by Gasteiger charge is -2.07. The summed E-state index contributed by atoms with van der Waals surface area (Å²) < 4.78 is 5.10. The van der Waals surface area contributed by atoms with E-state index in [1.54, 1.807) is 11.8 Å². The van der Waals surface area contributed by atoms with Crippen molar-refractivity contribution in [2.45, 2.75) is 36.7 Å². The number of nitrogens with zero attached hydrogens (tertiary/aromatic N) is 3. The van der Waals surface area contributed by atoms with E-state index in [1.807, 2.05) is 19.2 Å². The summed E-state index contributed by atoms with van der Waals surface area (Å²) in [5, 5.41) is 4.37. The molecule has 6 heteroatoms. The normalized spacial score (nSPS) is 11.2. The highest BCUT2D eigenvalue weighted by Gasteiger charge is 2.04. The average Bonchev–Trinajstić information content (AvgIpc) is 2.77. The second-order valence-corrected chi connectivity index (χ2v) is 6.76. The third-order valence-electron chi connectivity index (χ3n) is 2.38. The number of rotatable bonds is 6. The summed E-state index contributed by atoms with van der Waals surface area (Å²) in [6.45, 7) is 8.20. The van der Waals surface area contributed by atoms with Crippen LogP contribution in [-0.2, 0) is 6.54 Å². The molecule has 0 unspecified atom stereocenters.